The summed E-state index contributed by atoms with van der Waals surface area (Å²) in [6, 6.07) is -0.233. The van der Waals surface area contributed by atoms with Gasteiger partial charge in [0.1, 0.15) is 5.00 Å². The van der Waals surface area contributed by atoms with Crippen molar-refractivity contribution in [3.63, 3.8) is 0 Å². The van der Waals surface area contributed by atoms with E-state index >= 15 is 0 Å². The van der Waals surface area contributed by atoms with E-state index in [4.69, 9.17) is 10.5 Å². The number of anilines is 1. The van der Waals surface area contributed by atoms with Crippen LogP contribution in [0.1, 0.15) is 41.1 Å². The van der Waals surface area contributed by atoms with Gasteiger partial charge in [0.15, 0.2) is 0 Å². The lowest BCUT2D eigenvalue weighted by Crippen LogP contribution is -2.34. The Hall–Kier alpha value is -1.40. The molecule has 0 aromatic carbocycles. The number of carbonyl (C=O) groups is 2. The molecule has 110 valence electrons. The Morgan fingerprint density at radius 1 is 1.35 bits per heavy atom. The number of hydrogen-bond donors (Lipinski definition) is 2. The van der Waals surface area contributed by atoms with Gasteiger partial charge in [-0.25, -0.2) is 4.79 Å². The molecular formula is C14H20N2O3S. The molecule has 0 saturated heterocycles. The Morgan fingerprint density at radius 3 is 2.65 bits per heavy atom. The molecule has 1 amide bonds. The molecule has 2 atom stereocenters. The van der Waals surface area contributed by atoms with Gasteiger partial charge in [-0.1, -0.05) is 6.92 Å². The zero-order valence-electron chi connectivity index (χ0n) is 12.0. The maximum Gasteiger partial charge on any atom is 0.341 e. The van der Waals surface area contributed by atoms with Gasteiger partial charge in [-0.3, -0.25) is 4.79 Å². The summed E-state index contributed by atoms with van der Waals surface area (Å²) in [6.45, 7) is 3.57. The highest BCUT2D eigenvalue weighted by Crippen LogP contribution is 2.39. The van der Waals surface area contributed by atoms with Gasteiger partial charge < -0.3 is 15.8 Å². The van der Waals surface area contributed by atoms with Crippen LogP contribution < -0.4 is 11.1 Å². The number of carbonyl (C=O) groups excluding carboxylic acids is 2. The van der Waals surface area contributed by atoms with E-state index in [1.54, 1.807) is 13.8 Å². The van der Waals surface area contributed by atoms with Crippen LogP contribution in [0.4, 0.5) is 5.00 Å². The second-order valence-corrected chi connectivity index (χ2v) is 6.30. The standard InChI is InChI=1S/C14H20N2O3S/c1-7(8(2)15)12(17)16-13-11(14(18)19-3)9-5-4-6-10(9)20-13/h7-8H,4-6,15H2,1-3H3,(H,16,17). The Morgan fingerprint density at radius 2 is 2.05 bits per heavy atom. The highest BCUT2D eigenvalue weighted by molar-refractivity contribution is 7.17. The van der Waals surface area contributed by atoms with E-state index in [0.29, 0.717) is 10.6 Å². The first kappa shape index (κ1) is 15.0. The Bertz CT molecular complexity index is 537. The van der Waals surface area contributed by atoms with Gasteiger partial charge in [-0.05, 0) is 31.7 Å². The summed E-state index contributed by atoms with van der Waals surface area (Å²) in [5.41, 5.74) is 7.29. The smallest absolute Gasteiger partial charge is 0.341 e. The first-order chi connectivity index (χ1) is 9.45. The van der Waals surface area contributed by atoms with Crippen LogP contribution in [0.3, 0.4) is 0 Å². The summed E-state index contributed by atoms with van der Waals surface area (Å²) in [6.07, 6.45) is 2.88. The minimum atomic E-state index is -0.381. The van der Waals surface area contributed by atoms with Crippen LogP contribution in [0.2, 0.25) is 0 Å². The van der Waals surface area contributed by atoms with Crippen LogP contribution in [0.15, 0.2) is 0 Å². The molecule has 1 heterocycles. The third-order valence-corrected chi connectivity index (χ3v) is 4.96. The third-order valence-electron chi connectivity index (χ3n) is 3.75. The van der Waals surface area contributed by atoms with Crippen LogP contribution >= 0.6 is 11.3 Å². The topological polar surface area (TPSA) is 81.4 Å². The third kappa shape index (κ3) is 2.71. The zero-order chi connectivity index (χ0) is 14.9. The maximum atomic E-state index is 12.1. The highest BCUT2D eigenvalue weighted by Gasteiger charge is 2.29. The van der Waals surface area contributed by atoms with Crippen molar-refractivity contribution in [3.8, 4) is 0 Å². The summed E-state index contributed by atoms with van der Waals surface area (Å²) < 4.78 is 4.84. The number of methoxy groups -OCH3 is 1. The summed E-state index contributed by atoms with van der Waals surface area (Å²) in [4.78, 5) is 25.2. The molecule has 0 saturated carbocycles. The van der Waals surface area contributed by atoms with Gasteiger partial charge in [0.25, 0.3) is 0 Å². The van der Waals surface area contributed by atoms with Crippen molar-refractivity contribution in [3.05, 3.63) is 16.0 Å². The summed E-state index contributed by atoms with van der Waals surface area (Å²) in [7, 11) is 1.36. The van der Waals surface area contributed by atoms with Crippen molar-refractivity contribution < 1.29 is 14.3 Å². The highest BCUT2D eigenvalue weighted by atomic mass is 32.1. The normalized spacial score (nSPS) is 16.4. The van der Waals surface area contributed by atoms with Crippen molar-refractivity contribution in [2.24, 2.45) is 11.7 Å². The first-order valence-electron chi connectivity index (χ1n) is 6.75. The zero-order valence-corrected chi connectivity index (χ0v) is 12.8. The quantitative estimate of drug-likeness (QED) is 0.832. The Labute approximate surface area is 122 Å². The van der Waals surface area contributed by atoms with E-state index in [-0.39, 0.29) is 23.8 Å². The molecule has 1 aromatic rings. The van der Waals surface area contributed by atoms with E-state index in [2.05, 4.69) is 5.32 Å². The molecular weight excluding hydrogens is 276 g/mol. The number of nitrogens with two attached hydrogens (primary N) is 1. The van der Waals surface area contributed by atoms with E-state index in [1.165, 1.54) is 23.3 Å². The lowest BCUT2D eigenvalue weighted by atomic mass is 10.0. The lowest BCUT2D eigenvalue weighted by molar-refractivity contribution is -0.119. The lowest BCUT2D eigenvalue weighted by Gasteiger charge is -2.15. The number of amides is 1. The number of hydrogen-bond acceptors (Lipinski definition) is 5. The molecule has 1 aliphatic carbocycles. The molecule has 2 unspecified atom stereocenters. The number of aryl methyl sites for hydroxylation is 1. The van der Waals surface area contributed by atoms with Gasteiger partial charge in [-0.2, -0.15) is 0 Å². The van der Waals surface area contributed by atoms with E-state index in [0.717, 1.165) is 24.8 Å². The van der Waals surface area contributed by atoms with Crippen LogP contribution in [-0.4, -0.2) is 25.0 Å². The fraction of sp³-hybridized carbons (Fsp3) is 0.571. The van der Waals surface area contributed by atoms with Crippen LogP contribution in [-0.2, 0) is 22.4 Å². The fourth-order valence-electron chi connectivity index (χ4n) is 2.27. The molecule has 0 fully saturated rings. The molecule has 0 spiro atoms. The maximum absolute atomic E-state index is 12.1. The molecule has 0 bridgehead atoms. The summed E-state index contributed by atoms with van der Waals surface area (Å²) >= 11 is 1.48. The predicted octanol–water partition coefficient (Wildman–Crippen LogP) is 1.95. The summed E-state index contributed by atoms with van der Waals surface area (Å²) in [5.74, 6) is -0.851. The SMILES string of the molecule is COC(=O)c1c(NC(=O)C(C)C(C)N)sc2c1CCC2. The largest absolute Gasteiger partial charge is 0.465 e. The molecule has 5 nitrogen and oxygen atoms in total. The molecule has 1 aliphatic rings. The van der Waals surface area contributed by atoms with Gasteiger partial charge in [0.05, 0.1) is 18.6 Å². The number of esters is 1. The fourth-order valence-corrected chi connectivity index (χ4v) is 3.56. The van der Waals surface area contributed by atoms with Gasteiger partial charge in [-0.15, -0.1) is 11.3 Å². The number of thiophene rings is 1. The molecule has 20 heavy (non-hydrogen) atoms. The summed E-state index contributed by atoms with van der Waals surface area (Å²) in [5, 5.41) is 3.43. The number of nitrogens with one attached hydrogen (secondary N) is 1. The van der Waals surface area contributed by atoms with Gasteiger partial charge >= 0.3 is 5.97 Å². The molecule has 6 heteroatoms. The molecule has 0 radical (unpaired) electrons. The van der Waals surface area contributed by atoms with Gasteiger partial charge in [0.2, 0.25) is 5.91 Å². The van der Waals surface area contributed by atoms with Crippen molar-refractivity contribution in [2.45, 2.75) is 39.2 Å². The van der Waals surface area contributed by atoms with Crippen molar-refractivity contribution in [1.82, 2.24) is 0 Å². The number of fused-ring (bicyclic) bond motifs is 1. The van der Waals surface area contributed by atoms with Crippen LogP contribution in [0.5, 0.6) is 0 Å². The van der Waals surface area contributed by atoms with Gasteiger partial charge in [0, 0.05) is 10.9 Å². The molecule has 3 N–H and O–H groups in total. The second kappa shape index (κ2) is 5.93. The predicted molar refractivity (Wildman–Crippen MR) is 79.1 cm³/mol. The average Bonchev–Trinajstić information content (AvgIpc) is 2.96. The van der Waals surface area contributed by atoms with E-state index < -0.39 is 0 Å². The molecule has 0 aliphatic heterocycles. The Kier molecular flexibility index (Phi) is 4.45. The second-order valence-electron chi connectivity index (χ2n) is 5.19. The van der Waals surface area contributed by atoms with Crippen molar-refractivity contribution in [1.29, 1.82) is 0 Å². The minimum Gasteiger partial charge on any atom is -0.465 e. The van der Waals surface area contributed by atoms with Crippen LogP contribution in [0, 0.1) is 5.92 Å². The number of ether oxygens (including phenoxy) is 1. The van der Waals surface area contributed by atoms with Crippen molar-refractivity contribution in [2.75, 3.05) is 12.4 Å². The number of rotatable bonds is 4. The minimum absolute atomic E-state index is 0.162. The van der Waals surface area contributed by atoms with E-state index in [9.17, 15) is 9.59 Å². The Balaban J connectivity index is 2.28. The monoisotopic (exact) mass is 296 g/mol. The van der Waals surface area contributed by atoms with E-state index in [1.807, 2.05) is 0 Å². The molecule has 1 aromatic heterocycles. The van der Waals surface area contributed by atoms with Crippen molar-refractivity contribution >= 4 is 28.2 Å². The first-order valence-corrected chi connectivity index (χ1v) is 7.56. The van der Waals surface area contributed by atoms with Crippen LogP contribution in [0.25, 0.3) is 0 Å². The molecule has 2 rings (SSSR count). The average molecular weight is 296 g/mol.